The predicted octanol–water partition coefficient (Wildman–Crippen LogP) is 1.98. The molecule has 1 atom stereocenters. The maximum atomic E-state index is 11.7. The molecule has 1 fully saturated rings. The van der Waals surface area contributed by atoms with Crippen LogP contribution in [-0.2, 0) is 4.79 Å². The molecule has 1 heterocycles. The number of rotatable bonds is 5. The van der Waals surface area contributed by atoms with Crippen LogP contribution in [0.2, 0.25) is 0 Å². The van der Waals surface area contributed by atoms with E-state index in [1.807, 2.05) is 6.26 Å². The summed E-state index contributed by atoms with van der Waals surface area (Å²) in [5.41, 5.74) is 0.122. The van der Waals surface area contributed by atoms with Gasteiger partial charge < -0.3 is 10.2 Å². The molecule has 0 radical (unpaired) electrons. The van der Waals surface area contributed by atoms with Gasteiger partial charge in [0.2, 0.25) is 5.91 Å². The first-order chi connectivity index (χ1) is 7.93. The average Bonchev–Trinajstić information content (AvgIpc) is 2.68. The van der Waals surface area contributed by atoms with Gasteiger partial charge in [-0.25, -0.2) is 0 Å². The smallest absolute Gasteiger partial charge is 0.230 e. The average molecular weight is 258 g/mol. The molecule has 0 saturated carbocycles. The second-order valence-electron chi connectivity index (χ2n) is 5.93. The fourth-order valence-corrected chi connectivity index (χ4v) is 2.47. The third-order valence-electron chi connectivity index (χ3n) is 3.30. The van der Waals surface area contributed by atoms with Gasteiger partial charge in [-0.15, -0.1) is 0 Å². The highest BCUT2D eigenvalue weighted by Crippen LogP contribution is 2.21. The molecule has 0 aromatic carbocycles. The number of likely N-dealkylation sites (tertiary alicyclic amines) is 1. The summed E-state index contributed by atoms with van der Waals surface area (Å²) in [6.07, 6.45) is 4.57. The van der Waals surface area contributed by atoms with Crippen LogP contribution in [0.4, 0.5) is 0 Å². The van der Waals surface area contributed by atoms with Crippen LogP contribution < -0.4 is 5.32 Å². The van der Waals surface area contributed by atoms with Crippen LogP contribution in [0.15, 0.2) is 0 Å². The largest absolute Gasteiger partial charge is 0.351 e. The highest BCUT2D eigenvalue weighted by Gasteiger charge is 2.28. The van der Waals surface area contributed by atoms with E-state index < -0.39 is 0 Å². The molecule has 1 N–H and O–H groups in total. The summed E-state index contributed by atoms with van der Waals surface area (Å²) in [6.45, 7) is 9.97. The summed E-state index contributed by atoms with van der Waals surface area (Å²) in [5, 5.41) is 3.18. The maximum Gasteiger partial charge on any atom is 0.230 e. The van der Waals surface area contributed by atoms with E-state index in [0.29, 0.717) is 5.75 Å². The minimum absolute atomic E-state index is 0.122. The van der Waals surface area contributed by atoms with E-state index in [9.17, 15) is 4.79 Å². The molecule has 3 nitrogen and oxygen atoms in total. The van der Waals surface area contributed by atoms with Gasteiger partial charge in [-0.3, -0.25) is 4.79 Å². The molecule has 1 aliphatic heterocycles. The number of thioether (sulfide) groups is 1. The molecule has 1 rings (SSSR count). The number of amides is 1. The van der Waals surface area contributed by atoms with Crippen molar-refractivity contribution in [3.05, 3.63) is 0 Å². The van der Waals surface area contributed by atoms with Crippen molar-refractivity contribution in [3.8, 4) is 0 Å². The van der Waals surface area contributed by atoms with Crippen molar-refractivity contribution in [1.82, 2.24) is 10.2 Å². The number of nitrogens with zero attached hydrogens (tertiary/aromatic N) is 1. The van der Waals surface area contributed by atoms with Crippen molar-refractivity contribution in [2.75, 3.05) is 31.6 Å². The lowest BCUT2D eigenvalue weighted by Gasteiger charge is -2.34. The molecule has 17 heavy (non-hydrogen) atoms. The van der Waals surface area contributed by atoms with E-state index in [4.69, 9.17) is 0 Å². The Morgan fingerprint density at radius 3 is 2.41 bits per heavy atom. The summed E-state index contributed by atoms with van der Waals surface area (Å²) < 4.78 is 0. The molecule has 4 heteroatoms. The Balaban J connectivity index is 2.51. The SMILES string of the molecule is CSCC(=O)N[C@H](CN1CCCC1)C(C)(C)C. The standard InChI is InChI=1S/C13H26N2OS/c1-13(2,3)11(14-12(16)10-17-4)9-15-7-5-6-8-15/h11H,5-10H2,1-4H3,(H,14,16)/t11-/m1/s1. The lowest BCUT2D eigenvalue weighted by atomic mass is 9.86. The minimum atomic E-state index is 0.122. The van der Waals surface area contributed by atoms with Crippen molar-refractivity contribution < 1.29 is 4.79 Å². The first kappa shape index (κ1) is 14.8. The van der Waals surface area contributed by atoms with Crippen molar-refractivity contribution in [3.63, 3.8) is 0 Å². The Bertz CT molecular complexity index is 244. The normalized spacial score (nSPS) is 19.3. The van der Waals surface area contributed by atoms with E-state index in [-0.39, 0.29) is 17.4 Å². The third-order valence-corrected chi connectivity index (χ3v) is 3.85. The van der Waals surface area contributed by atoms with E-state index >= 15 is 0 Å². The van der Waals surface area contributed by atoms with Crippen LogP contribution in [0.3, 0.4) is 0 Å². The molecule has 0 aliphatic carbocycles. The van der Waals surface area contributed by atoms with Crippen molar-refractivity contribution in [1.29, 1.82) is 0 Å². The lowest BCUT2D eigenvalue weighted by Crippen LogP contribution is -2.50. The van der Waals surface area contributed by atoms with E-state index in [1.165, 1.54) is 25.9 Å². The Labute approximate surface area is 110 Å². The monoisotopic (exact) mass is 258 g/mol. The molecule has 0 bridgehead atoms. The van der Waals surface area contributed by atoms with Crippen molar-refractivity contribution >= 4 is 17.7 Å². The van der Waals surface area contributed by atoms with Crippen molar-refractivity contribution in [2.24, 2.45) is 5.41 Å². The minimum Gasteiger partial charge on any atom is -0.351 e. The number of carbonyl (C=O) groups excluding carboxylic acids is 1. The van der Waals surface area contributed by atoms with E-state index in [2.05, 4.69) is 31.0 Å². The summed E-state index contributed by atoms with van der Waals surface area (Å²) in [7, 11) is 0. The second kappa shape index (κ2) is 6.64. The molecule has 0 spiro atoms. The number of hydrogen-bond acceptors (Lipinski definition) is 3. The molecule has 1 aliphatic rings. The maximum absolute atomic E-state index is 11.7. The molecule has 1 amide bonds. The first-order valence-corrected chi connectivity index (χ1v) is 7.83. The Hall–Kier alpha value is -0.220. The summed E-state index contributed by atoms with van der Waals surface area (Å²) in [4.78, 5) is 14.2. The summed E-state index contributed by atoms with van der Waals surface area (Å²) in [6, 6.07) is 0.250. The summed E-state index contributed by atoms with van der Waals surface area (Å²) in [5.74, 6) is 0.726. The zero-order valence-corrected chi connectivity index (χ0v) is 12.4. The molecule has 100 valence electrons. The Morgan fingerprint density at radius 1 is 1.35 bits per heavy atom. The Morgan fingerprint density at radius 2 is 1.94 bits per heavy atom. The highest BCUT2D eigenvalue weighted by molar-refractivity contribution is 7.99. The van der Waals surface area contributed by atoms with Gasteiger partial charge in [0.05, 0.1) is 5.75 Å². The van der Waals surface area contributed by atoms with Crippen LogP contribution in [-0.4, -0.2) is 48.5 Å². The molecule has 0 aromatic rings. The second-order valence-corrected chi connectivity index (χ2v) is 6.79. The van der Waals surface area contributed by atoms with Crippen LogP contribution in [0.1, 0.15) is 33.6 Å². The van der Waals surface area contributed by atoms with Gasteiger partial charge in [0.15, 0.2) is 0 Å². The fourth-order valence-electron chi connectivity index (χ4n) is 2.13. The van der Waals surface area contributed by atoms with Gasteiger partial charge in [0, 0.05) is 12.6 Å². The van der Waals surface area contributed by atoms with Gasteiger partial charge in [-0.2, -0.15) is 11.8 Å². The van der Waals surface area contributed by atoms with Crippen LogP contribution >= 0.6 is 11.8 Å². The van der Waals surface area contributed by atoms with E-state index in [1.54, 1.807) is 11.8 Å². The number of hydrogen-bond donors (Lipinski definition) is 1. The fraction of sp³-hybridized carbons (Fsp3) is 0.923. The lowest BCUT2D eigenvalue weighted by molar-refractivity contribution is -0.120. The Kier molecular flexibility index (Phi) is 5.80. The van der Waals surface area contributed by atoms with Gasteiger partial charge in [0.1, 0.15) is 0 Å². The molecule has 0 aromatic heterocycles. The molecular formula is C13H26N2OS. The molecule has 1 saturated heterocycles. The van der Waals surface area contributed by atoms with E-state index in [0.717, 1.165) is 6.54 Å². The quantitative estimate of drug-likeness (QED) is 0.818. The van der Waals surface area contributed by atoms with Gasteiger partial charge in [-0.05, 0) is 37.6 Å². The highest BCUT2D eigenvalue weighted by atomic mass is 32.2. The van der Waals surface area contributed by atoms with Gasteiger partial charge >= 0.3 is 0 Å². The van der Waals surface area contributed by atoms with Crippen molar-refractivity contribution in [2.45, 2.75) is 39.7 Å². The van der Waals surface area contributed by atoms with Crippen LogP contribution in [0, 0.1) is 5.41 Å². The number of nitrogens with one attached hydrogen (secondary N) is 1. The zero-order chi connectivity index (χ0) is 12.9. The molecular weight excluding hydrogens is 232 g/mol. The third kappa shape index (κ3) is 5.30. The topological polar surface area (TPSA) is 32.3 Å². The zero-order valence-electron chi connectivity index (χ0n) is 11.6. The van der Waals surface area contributed by atoms with Crippen LogP contribution in [0.25, 0.3) is 0 Å². The van der Waals surface area contributed by atoms with Crippen LogP contribution in [0.5, 0.6) is 0 Å². The predicted molar refractivity (Wildman–Crippen MR) is 75.4 cm³/mol. The summed E-state index contributed by atoms with van der Waals surface area (Å²) >= 11 is 1.58. The van der Waals surface area contributed by atoms with Gasteiger partial charge in [-0.1, -0.05) is 20.8 Å². The van der Waals surface area contributed by atoms with Gasteiger partial charge in [0.25, 0.3) is 0 Å². The first-order valence-electron chi connectivity index (χ1n) is 6.44. The number of carbonyl (C=O) groups is 1. The molecule has 0 unspecified atom stereocenters.